The third kappa shape index (κ3) is 3.76. The fourth-order valence-corrected chi connectivity index (χ4v) is 4.02. The van der Waals surface area contributed by atoms with Gasteiger partial charge >= 0.3 is 12.0 Å². The monoisotopic (exact) mass is 344 g/mol. The lowest BCUT2D eigenvalue weighted by Gasteiger charge is -2.22. The molecule has 1 aliphatic carbocycles. The standard InChI is InChI=1S/C18H20N2O3S/c21-17(22)15-14(12-7-3-1-4-8-12)11-24-16(15)20-18(23)19-13-9-5-2-6-10-13/h1,3-4,7-8,11,13H,2,5-6,9-10H2,(H,21,22)(H2,19,20,23). The zero-order valence-electron chi connectivity index (χ0n) is 13.2. The third-order valence-corrected chi connectivity index (χ3v) is 5.15. The summed E-state index contributed by atoms with van der Waals surface area (Å²) in [4.78, 5) is 23.9. The second-order valence-corrected chi connectivity index (χ2v) is 6.84. The molecule has 3 rings (SSSR count). The van der Waals surface area contributed by atoms with Crippen LogP contribution in [0.4, 0.5) is 9.80 Å². The maximum Gasteiger partial charge on any atom is 0.339 e. The minimum atomic E-state index is -1.04. The number of carboxylic acids is 1. The van der Waals surface area contributed by atoms with Crippen LogP contribution in [-0.2, 0) is 0 Å². The van der Waals surface area contributed by atoms with Gasteiger partial charge in [-0.15, -0.1) is 11.3 Å². The molecular weight excluding hydrogens is 324 g/mol. The Bertz CT molecular complexity index is 721. The summed E-state index contributed by atoms with van der Waals surface area (Å²) in [5, 5.41) is 17.4. The maximum absolute atomic E-state index is 12.2. The van der Waals surface area contributed by atoms with Crippen LogP contribution in [0.15, 0.2) is 35.7 Å². The fourth-order valence-electron chi connectivity index (χ4n) is 3.06. The number of carboxylic acid groups (broad SMARTS) is 1. The number of hydrogen-bond acceptors (Lipinski definition) is 3. The molecule has 126 valence electrons. The van der Waals surface area contributed by atoms with E-state index >= 15 is 0 Å². The molecule has 0 unspecified atom stereocenters. The highest BCUT2D eigenvalue weighted by molar-refractivity contribution is 7.15. The summed E-state index contributed by atoms with van der Waals surface area (Å²) < 4.78 is 0. The molecule has 0 bridgehead atoms. The summed E-state index contributed by atoms with van der Waals surface area (Å²) in [6.45, 7) is 0. The molecule has 24 heavy (non-hydrogen) atoms. The van der Waals surface area contributed by atoms with E-state index in [4.69, 9.17) is 0 Å². The van der Waals surface area contributed by atoms with Gasteiger partial charge in [-0.2, -0.15) is 0 Å². The van der Waals surface area contributed by atoms with Crippen LogP contribution in [0, 0.1) is 0 Å². The van der Waals surface area contributed by atoms with E-state index in [2.05, 4.69) is 10.6 Å². The average Bonchev–Trinajstić information content (AvgIpc) is 3.00. The van der Waals surface area contributed by atoms with Crippen molar-refractivity contribution in [2.45, 2.75) is 38.1 Å². The van der Waals surface area contributed by atoms with Gasteiger partial charge in [-0.05, 0) is 18.4 Å². The van der Waals surface area contributed by atoms with E-state index in [0.29, 0.717) is 10.6 Å². The lowest BCUT2D eigenvalue weighted by Crippen LogP contribution is -2.39. The van der Waals surface area contributed by atoms with Gasteiger partial charge in [-0.1, -0.05) is 49.6 Å². The van der Waals surface area contributed by atoms with Crippen LogP contribution < -0.4 is 10.6 Å². The molecule has 0 saturated heterocycles. The zero-order chi connectivity index (χ0) is 16.9. The second-order valence-electron chi connectivity index (χ2n) is 5.96. The van der Waals surface area contributed by atoms with Gasteiger partial charge in [-0.3, -0.25) is 5.32 Å². The summed E-state index contributed by atoms with van der Waals surface area (Å²) in [6.07, 6.45) is 5.44. The number of benzene rings is 1. The van der Waals surface area contributed by atoms with Crippen molar-refractivity contribution in [2.75, 3.05) is 5.32 Å². The predicted molar refractivity (Wildman–Crippen MR) is 95.7 cm³/mol. The predicted octanol–water partition coefficient (Wildman–Crippen LogP) is 4.57. The zero-order valence-corrected chi connectivity index (χ0v) is 14.1. The molecule has 1 fully saturated rings. The second kappa shape index (κ2) is 7.49. The van der Waals surface area contributed by atoms with E-state index in [0.717, 1.165) is 31.2 Å². The van der Waals surface area contributed by atoms with E-state index in [1.165, 1.54) is 17.8 Å². The quantitative estimate of drug-likeness (QED) is 0.760. The van der Waals surface area contributed by atoms with Crippen molar-refractivity contribution in [3.8, 4) is 11.1 Å². The SMILES string of the molecule is O=C(Nc1scc(-c2ccccc2)c1C(=O)O)NC1CCCCC1. The topological polar surface area (TPSA) is 78.4 Å². The minimum absolute atomic E-state index is 0.144. The highest BCUT2D eigenvalue weighted by Gasteiger charge is 2.22. The van der Waals surface area contributed by atoms with Crippen molar-refractivity contribution in [3.63, 3.8) is 0 Å². The van der Waals surface area contributed by atoms with Crippen LogP contribution in [0.5, 0.6) is 0 Å². The normalized spacial score (nSPS) is 15.0. The van der Waals surface area contributed by atoms with Crippen molar-refractivity contribution in [1.29, 1.82) is 0 Å². The summed E-state index contributed by atoms with van der Waals surface area (Å²) >= 11 is 1.24. The molecule has 0 radical (unpaired) electrons. The number of rotatable bonds is 4. The molecular formula is C18H20N2O3S. The van der Waals surface area contributed by atoms with Gasteiger partial charge < -0.3 is 10.4 Å². The Kier molecular flexibility index (Phi) is 5.15. The number of urea groups is 1. The van der Waals surface area contributed by atoms with Crippen molar-refractivity contribution in [2.24, 2.45) is 0 Å². The van der Waals surface area contributed by atoms with Gasteiger partial charge in [0.1, 0.15) is 10.6 Å². The number of thiophene rings is 1. The van der Waals surface area contributed by atoms with Crippen LogP contribution in [0.2, 0.25) is 0 Å². The Hall–Kier alpha value is -2.34. The number of amides is 2. The van der Waals surface area contributed by atoms with Crippen molar-refractivity contribution in [3.05, 3.63) is 41.3 Å². The van der Waals surface area contributed by atoms with Gasteiger partial charge in [0.2, 0.25) is 0 Å². The lowest BCUT2D eigenvalue weighted by atomic mass is 9.96. The van der Waals surface area contributed by atoms with Crippen LogP contribution in [0.1, 0.15) is 42.5 Å². The van der Waals surface area contributed by atoms with Gasteiger partial charge in [0.25, 0.3) is 0 Å². The molecule has 2 amide bonds. The Balaban J connectivity index is 1.77. The molecule has 0 aliphatic heterocycles. The van der Waals surface area contributed by atoms with E-state index in [-0.39, 0.29) is 17.6 Å². The number of carbonyl (C=O) groups excluding carboxylic acids is 1. The smallest absolute Gasteiger partial charge is 0.339 e. The molecule has 3 N–H and O–H groups in total. The molecule has 6 heteroatoms. The van der Waals surface area contributed by atoms with Gasteiger partial charge in [0.05, 0.1) is 0 Å². The summed E-state index contributed by atoms with van der Waals surface area (Å²) in [7, 11) is 0. The van der Waals surface area contributed by atoms with Crippen molar-refractivity contribution < 1.29 is 14.7 Å². The largest absolute Gasteiger partial charge is 0.478 e. The molecule has 0 spiro atoms. The van der Waals surface area contributed by atoms with Gasteiger partial charge in [0.15, 0.2) is 0 Å². The first-order valence-corrected chi connectivity index (χ1v) is 9.01. The molecule has 1 aromatic carbocycles. The number of carbonyl (C=O) groups is 2. The molecule has 1 aliphatic rings. The Labute approximate surface area is 144 Å². The third-order valence-electron chi connectivity index (χ3n) is 4.26. The average molecular weight is 344 g/mol. The van der Waals surface area contributed by atoms with E-state index in [9.17, 15) is 14.7 Å². The number of hydrogen-bond donors (Lipinski definition) is 3. The van der Waals surface area contributed by atoms with Crippen LogP contribution in [0.25, 0.3) is 11.1 Å². The Morgan fingerprint density at radius 1 is 1.08 bits per heavy atom. The van der Waals surface area contributed by atoms with Crippen LogP contribution in [-0.4, -0.2) is 23.1 Å². The van der Waals surface area contributed by atoms with Gasteiger partial charge in [0, 0.05) is 17.0 Å². The summed E-state index contributed by atoms with van der Waals surface area (Å²) in [6, 6.07) is 9.18. The minimum Gasteiger partial charge on any atom is -0.478 e. The molecule has 1 aromatic heterocycles. The first kappa shape index (κ1) is 16.5. The van der Waals surface area contributed by atoms with Crippen molar-refractivity contribution >= 4 is 28.3 Å². The maximum atomic E-state index is 12.2. The van der Waals surface area contributed by atoms with E-state index in [1.54, 1.807) is 5.38 Å². The number of nitrogens with one attached hydrogen (secondary N) is 2. The highest BCUT2D eigenvalue weighted by atomic mass is 32.1. The molecule has 5 nitrogen and oxygen atoms in total. The number of aromatic carboxylic acids is 1. The van der Waals surface area contributed by atoms with Crippen molar-refractivity contribution in [1.82, 2.24) is 5.32 Å². The first-order chi connectivity index (χ1) is 11.6. The Morgan fingerprint density at radius 2 is 1.79 bits per heavy atom. The van der Waals surface area contributed by atoms with E-state index in [1.807, 2.05) is 30.3 Å². The summed E-state index contributed by atoms with van der Waals surface area (Å²) in [5.74, 6) is -1.04. The molecule has 1 heterocycles. The number of anilines is 1. The lowest BCUT2D eigenvalue weighted by molar-refractivity contribution is 0.0699. The summed E-state index contributed by atoms with van der Waals surface area (Å²) in [5.41, 5.74) is 1.60. The molecule has 1 saturated carbocycles. The van der Waals surface area contributed by atoms with E-state index < -0.39 is 5.97 Å². The molecule has 2 aromatic rings. The fraction of sp³-hybridized carbons (Fsp3) is 0.333. The highest BCUT2D eigenvalue weighted by Crippen LogP contribution is 2.35. The Morgan fingerprint density at radius 3 is 2.46 bits per heavy atom. The van der Waals surface area contributed by atoms with Gasteiger partial charge in [-0.25, -0.2) is 9.59 Å². The van der Waals surface area contributed by atoms with Crippen LogP contribution >= 0.6 is 11.3 Å². The first-order valence-electron chi connectivity index (χ1n) is 8.13. The van der Waals surface area contributed by atoms with Crippen LogP contribution in [0.3, 0.4) is 0 Å². The molecule has 0 atom stereocenters.